The Morgan fingerprint density at radius 2 is 0.864 bits per heavy atom. The molecule has 0 amide bonds. The molecular weight excluding hydrogens is 296 g/mol. The molecule has 0 spiro atoms. The maximum absolute atomic E-state index is 11.7. The van der Waals surface area contributed by atoms with E-state index in [0.29, 0.717) is 11.1 Å². The molecule has 4 aliphatic heterocycles. The summed E-state index contributed by atoms with van der Waals surface area (Å²) in [6, 6.07) is 6.08. The molecule has 1 aromatic rings. The third-order valence-electron chi connectivity index (χ3n) is 3.01. The van der Waals surface area contributed by atoms with Gasteiger partial charge in [0, 0.05) is 11.1 Å². The molecule has 0 aliphatic carbocycles. The molecule has 22 heavy (non-hydrogen) atoms. The Balaban J connectivity index is 2.09. The monoisotopic (exact) mass is 306 g/mol. The first-order valence-corrected chi connectivity index (χ1v) is 6.39. The van der Waals surface area contributed by atoms with Crippen LogP contribution >= 0.6 is 0 Å². The number of rotatable bonds is 0. The van der Waals surface area contributed by atoms with Crippen molar-refractivity contribution in [3.8, 4) is 0 Å². The summed E-state index contributed by atoms with van der Waals surface area (Å²) in [6.45, 7) is 0. The molecule has 8 heteroatoms. The maximum atomic E-state index is 11.7. The van der Waals surface area contributed by atoms with Gasteiger partial charge in [-0.25, -0.2) is 0 Å². The third-order valence-corrected chi connectivity index (χ3v) is 3.01. The number of hydrogen-bond acceptors (Lipinski definition) is 8. The zero-order chi connectivity index (χ0) is 15.7. The average molecular weight is 306 g/mol. The Hall–Kier alpha value is -2.90. The number of fused-ring (bicyclic) bond motifs is 8. The van der Waals surface area contributed by atoms with Crippen LogP contribution in [0.25, 0.3) is 0 Å². The molecule has 5 rings (SSSR count). The number of ether oxygens (including phenoxy) is 4. The van der Waals surface area contributed by atoms with Gasteiger partial charge in [0.2, 0.25) is 0 Å². The minimum Gasteiger partial charge on any atom is -0.420 e. The van der Waals surface area contributed by atoms with Crippen molar-refractivity contribution in [1.82, 2.24) is 0 Å². The van der Waals surface area contributed by atoms with Crippen molar-refractivity contribution in [3.63, 3.8) is 0 Å². The first-order valence-electron chi connectivity index (χ1n) is 6.39. The highest BCUT2D eigenvalue weighted by Crippen LogP contribution is 2.28. The molecule has 0 aromatic heterocycles. The summed E-state index contributed by atoms with van der Waals surface area (Å²) in [5, 5.41) is 0. The van der Waals surface area contributed by atoms with Crippen LogP contribution < -0.4 is 0 Å². The van der Waals surface area contributed by atoms with Crippen molar-refractivity contribution in [3.05, 3.63) is 35.4 Å². The highest BCUT2D eigenvalue weighted by molar-refractivity contribution is 5.93. The number of carbonyl (C=O) groups is 4. The summed E-state index contributed by atoms with van der Waals surface area (Å²) in [5.41, 5.74) is 0.765. The van der Waals surface area contributed by atoms with Crippen LogP contribution in [0.15, 0.2) is 24.3 Å². The third kappa shape index (κ3) is 2.90. The number of hydrogen-bond donors (Lipinski definition) is 0. The number of carbonyl (C=O) groups excluding carboxylic acids is 4. The highest BCUT2D eigenvalue weighted by atomic mass is 16.7. The lowest BCUT2D eigenvalue weighted by molar-refractivity contribution is -0.202. The van der Waals surface area contributed by atoms with Crippen LogP contribution in [0.4, 0.5) is 0 Å². The Labute approximate surface area is 123 Å². The first kappa shape index (κ1) is 14.1. The highest BCUT2D eigenvalue weighted by Gasteiger charge is 2.31. The lowest BCUT2D eigenvalue weighted by Gasteiger charge is -2.19. The SMILES string of the molecule is O=C1CC(=O)OC2OC(=O)CC(=O)OC(O1)c1ccc2cc1. The molecule has 0 saturated carbocycles. The van der Waals surface area contributed by atoms with Gasteiger partial charge < -0.3 is 18.9 Å². The largest absolute Gasteiger partial charge is 0.420 e. The molecule has 0 unspecified atom stereocenters. The van der Waals surface area contributed by atoms with Crippen molar-refractivity contribution < 1.29 is 38.1 Å². The molecule has 4 heterocycles. The van der Waals surface area contributed by atoms with Crippen LogP contribution in [0.2, 0.25) is 0 Å². The van der Waals surface area contributed by atoms with E-state index < -0.39 is 49.3 Å². The maximum Gasteiger partial charge on any atom is 0.320 e. The van der Waals surface area contributed by atoms with Crippen LogP contribution in [0.3, 0.4) is 0 Å². The average Bonchev–Trinajstić information content (AvgIpc) is 2.49. The fourth-order valence-electron chi connectivity index (χ4n) is 2.01. The lowest BCUT2D eigenvalue weighted by Crippen LogP contribution is -2.25. The van der Waals surface area contributed by atoms with Gasteiger partial charge >= 0.3 is 23.9 Å². The summed E-state index contributed by atoms with van der Waals surface area (Å²) in [5.74, 6) is -3.67. The predicted octanol–water partition coefficient (Wildman–Crippen LogP) is 0.664. The van der Waals surface area contributed by atoms with Crippen molar-refractivity contribution in [2.75, 3.05) is 0 Å². The van der Waals surface area contributed by atoms with E-state index in [2.05, 4.69) is 0 Å². The number of esters is 4. The van der Waals surface area contributed by atoms with Gasteiger partial charge in [-0.1, -0.05) is 24.3 Å². The molecule has 0 radical (unpaired) electrons. The quantitative estimate of drug-likeness (QED) is 0.508. The van der Waals surface area contributed by atoms with Crippen LogP contribution in [-0.4, -0.2) is 23.9 Å². The summed E-state index contributed by atoms with van der Waals surface area (Å²) < 4.78 is 19.9. The second-order valence-corrected chi connectivity index (χ2v) is 4.64. The smallest absolute Gasteiger partial charge is 0.320 e. The fraction of sp³-hybridized carbons (Fsp3) is 0.286. The Morgan fingerprint density at radius 3 is 1.14 bits per heavy atom. The lowest BCUT2D eigenvalue weighted by atomic mass is 10.1. The Bertz CT molecular complexity index is 558. The molecule has 4 aliphatic rings. The topological polar surface area (TPSA) is 105 Å². The molecule has 4 bridgehead atoms. The van der Waals surface area contributed by atoms with Gasteiger partial charge in [-0.05, 0) is 0 Å². The molecular formula is C14H10O8. The van der Waals surface area contributed by atoms with Crippen LogP contribution in [0.1, 0.15) is 36.5 Å². The van der Waals surface area contributed by atoms with Gasteiger partial charge in [0.15, 0.2) is 0 Å². The molecule has 0 fully saturated rings. The van der Waals surface area contributed by atoms with Gasteiger partial charge in [0.05, 0.1) is 0 Å². The van der Waals surface area contributed by atoms with Gasteiger partial charge in [-0.15, -0.1) is 0 Å². The summed E-state index contributed by atoms with van der Waals surface area (Å²) in [4.78, 5) is 46.7. The second kappa shape index (κ2) is 5.47. The Kier molecular flexibility index (Phi) is 3.50. The number of benzene rings is 1. The van der Waals surface area contributed by atoms with E-state index in [1.807, 2.05) is 0 Å². The molecule has 1 aromatic carbocycles. The zero-order valence-corrected chi connectivity index (χ0v) is 11.1. The zero-order valence-electron chi connectivity index (χ0n) is 11.1. The van der Waals surface area contributed by atoms with Crippen molar-refractivity contribution >= 4 is 23.9 Å². The van der Waals surface area contributed by atoms with Crippen molar-refractivity contribution in [2.24, 2.45) is 0 Å². The van der Waals surface area contributed by atoms with Crippen molar-refractivity contribution in [2.45, 2.75) is 25.4 Å². The second-order valence-electron chi connectivity index (χ2n) is 4.64. The van der Waals surface area contributed by atoms with E-state index in [9.17, 15) is 19.2 Å². The molecule has 0 atom stereocenters. The van der Waals surface area contributed by atoms with E-state index in [4.69, 9.17) is 18.9 Å². The fourth-order valence-corrected chi connectivity index (χ4v) is 2.01. The van der Waals surface area contributed by atoms with E-state index in [-0.39, 0.29) is 0 Å². The standard InChI is InChI=1S/C14H10O8/c15-9-5-11(17)21-14-8-2-1-7(3-4-8)13(19-9)20-10(16)6-12(18)22-14/h1-4,13-14H,5-6H2. The van der Waals surface area contributed by atoms with Crippen molar-refractivity contribution in [1.29, 1.82) is 0 Å². The van der Waals surface area contributed by atoms with E-state index in [1.54, 1.807) is 0 Å². The molecule has 0 saturated heterocycles. The van der Waals surface area contributed by atoms with Gasteiger partial charge in [-0.3, -0.25) is 19.2 Å². The Morgan fingerprint density at radius 1 is 0.591 bits per heavy atom. The van der Waals surface area contributed by atoms with Crippen LogP contribution in [-0.2, 0) is 38.1 Å². The minimum atomic E-state index is -1.34. The van der Waals surface area contributed by atoms with Gasteiger partial charge in [0.25, 0.3) is 12.6 Å². The van der Waals surface area contributed by atoms with Crippen LogP contribution in [0, 0.1) is 0 Å². The van der Waals surface area contributed by atoms with E-state index in [0.717, 1.165) is 0 Å². The van der Waals surface area contributed by atoms with Crippen LogP contribution in [0.5, 0.6) is 0 Å². The predicted molar refractivity (Wildman–Crippen MR) is 65.5 cm³/mol. The van der Waals surface area contributed by atoms with E-state index >= 15 is 0 Å². The summed E-state index contributed by atoms with van der Waals surface area (Å²) >= 11 is 0. The van der Waals surface area contributed by atoms with E-state index in [1.165, 1.54) is 24.3 Å². The first-order chi connectivity index (χ1) is 10.5. The molecule has 8 nitrogen and oxygen atoms in total. The minimum absolute atomic E-state index is 0.382. The normalized spacial score (nSPS) is 24.9. The van der Waals surface area contributed by atoms with Gasteiger partial charge in [0.1, 0.15) is 12.8 Å². The summed E-state index contributed by atoms with van der Waals surface area (Å²) in [6.07, 6.45) is -4.07. The molecule has 0 N–H and O–H groups in total. The van der Waals surface area contributed by atoms with Gasteiger partial charge in [-0.2, -0.15) is 0 Å². The summed E-state index contributed by atoms with van der Waals surface area (Å²) in [7, 11) is 0. The molecule has 114 valence electrons.